The summed E-state index contributed by atoms with van der Waals surface area (Å²) in [6.45, 7) is 3.98. The Labute approximate surface area is 111 Å². The van der Waals surface area contributed by atoms with Crippen LogP contribution in [0.3, 0.4) is 0 Å². The van der Waals surface area contributed by atoms with E-state index in [1.54, 1.807) is 6.07 Å². The molecule has 1 atom stereocenters. The topological polar surface area (TPSA) is 36.1 Å². The number of rotatable bonds is 1. The van der Waals surface area contributed by atoms with Gasteiger partial charge in [-0.1, -0.05) is 6.07 Å². The SMILES string of the molecule is Cc1[nH]c(=O)c2cc(F)ccc2c1C1CCN(C)C1. The number of H-pyrrole nitrogens is 1. The van der Waals surface area contributed by atoms with Crippen LogP contribution in [-0.4, -0.2) is 30.0 Å². The molecule has 0 amide bonds. The van der Waals surface area contributed by atoms with Crippen LogP contribution in [-0.2, 0) is 0 Å². The maximum Gasteiger partial charge on any atom is 0.256 e. The number of benzene rings is 1. The minimum absolute atomic E-state index is 0.206. The lowest BCUT2D eigenvalue weighted by molar-refractivity contribution is 0.411. The van der Waals surface area contributed by atoms with Crippen molar-refractivity contribution in [2.45, 2.75) is 19.3 Å². The lowest BCUT2D eigenvalue weighted by Crippen LogP contribution is -2.16. The van der Waals surface area contributed by atoms with E-state index in [2.05, 4.69) is 16.9 Å². The maximum atomic E-state index is 13.3. The molecule has 2 aromatic rings. The first-order chi connectivity index (χ1) is 9.06. The van der Waals surface area contributed by atoms with Crippen LogP contribution in [0, 0.1) is 12.7 Å². The molecular weight excluding hydrogens is 243 g/mol. The van der Waals surface area contributed by atoms with E-state index in [4.69, 9.17) is 0 Å². The van der Waals surface area contributed by atoms with Crippen LogP contribution < -0.4 is 5.56 Å². The lowest BCUT2D eigenvalue weighted by atomic mass is 9.92. The normalized spacial score (nSPS) is 20.3. The largest absolute Gasteiger partial charge is 0.326 e. The van der Waals surface area contributed by atoms with Crippen molar-refractivity contribution in [2.24, 2.45) is 0 Å². The van der Waals surface area contributed by atoms with Crippen LogP contribution >= 0.6 is 0 Å². The number of likely N-dealkylation sites (N-methyl/N-ethyl adjacent to an activating group) is 1. The van der Waals surface area contributed by atoms with Crippen LogP contribution in [0.15, 0.2) is 23.0 Å². The molecule has 100 valence electrons. The number of aromatic amines is 1. The highest BCUT2D eigenvalue weighted by molar-refractivity contribution is 5.86. The fourth-order valence-electron chi connectivity index (χ4n) is 3.14. The minimum atomic E-state index is -0.364. The van der Waals surface area contributed by atoms with Crippen LogP contribution in [0.4, 0.5) is 4.39 Å². The van der Waals surface area contributed by atoms with Gasteiger partial charge in [0.2, 0.25) is 0 Å². The second kappa shape index (κ2) is 4.46. The average Bonchev–Trinajstić information content (AvgIpc) is 2.77. The van der Waals surface area contributed by atoms with Gasteiger partial charge in [0.05, 0.1) is 5.39 Å². The molecule has 0 saturated carbocycles. The standard InChI is InChI=1S/C15H17FN2O/c1-9-14(10-5-6-18(2)8-10)12-4-3-11(16)7-13(12)15(19)17-9/h3-4,7,10H,5-6,8H2,1-2H3,(H,17,19). The van der Waals surface area contributed by atoms with E-state index in [0.29, 0.717) is 11.3 Å². The summed E-state index contributed by atoms with van der Waals surface area (Å²) in [5.74, 6) is 0.0474. The summed E-state index contributed by atoms with van der Waals surface area (Å²) in [5, 5.41) is 1.35. The predicted molar refractivity (Wildman–Crippen MR) is 74.1 cm³/mol. The van der Waals surface area contributed by atoms with Crippen molar-refractivity contribution < 1.29 is 4.39 Å². The molecular formula is C15H17FN2O. The highest BCUT2D eigenvalue weighted by atomic mass is 19.1. The fourth-order valence-corrected chi connectivity index (χ4v) is 3.14. The summed E-state index contributed by atoms with van der Waals surface area (Å²) in [6, 6.07) is 4.50. The number of hydrogen-bond donors (Lipinski definition) is 1. The zero-order valence-corrected chi connectivity index (χ0v) is 11.2. The monoisotopic (exact) mass is 260 g/mol. The van der Waals surface area contributed by atoms with E-state index in [1.165, 1.54) is 17.7 Å². The summed E-state index contributed by atoms with van der Waals surface area (Å²) in [7, 11) is 2.10. The van der Waals surface area contributed by atoms with E-state index in [1.807, 2.05) is 6.92 Å². The number of fused-ring (bicyclic) bond motifs is 1. The number of nitrogens with zero attached hydrogens (tertiary/aromatic N) is 1. The van der Waals surface area contributed by atoms with Crippen molar-refractivity contribution in [3.05, 3.63) is 45.6 Å². The van der Waals surface area contributed by atoms with Crippen LogP contribution in [0.5, 0.6) is 0 Å². The third kappa shape index (κ3) is 2.06. The number of aryl methyl sites for hydroxylation is 1. The van der Waals surface area contributed by atoms with E-state index in [9.17, 15) is 9.18 Å². The van der Waals surface area contributed by atoms with Gasteiger partial charge in [0.1, 0.15) is 5.82 Å². The average molecular weight is 260 g/mol. The van der Waals surface area contributed by atoms with E-state index in [-0.39, 0.29) is 11.4 Å². The molecule has 1 N–H and O–H groups in total. The Kier molecular flexibility index (Phi) is 2.90. The highest BCUT2D eigenvalue weighted by Gasteiger charge is 2.25. The van der Waals surface area contributed by atoms with Gasteiger partial charge in [0.15, 0.2) is 0 Å². The molecule has 0 spiro atoms. The summed E-state index contributed by atoms with van der Waals surface area (Å²) in [6.07, 6.45) is 1.08. The third-order valence-corrected chi connectivity index (χ3v) is 4.02. The first-order valence-corrected chi connectivity index (χ1v) is 6.57. The van der Waals surface area contributed by atoms with Gasteiger partial charge in [0, 0.05) is 18.2 Å². The molecule has 0 radical (unpaired) electrons. The zero-order chi connectivity index (χ0) is 13.6. The van der Waals surface area contributed by atoms with Gasteiger partial charge in [-0.15, -0.1) is 0 Å². The smallest absolute Gasteiger partial charge is 0.256 e. The Morgan fingerprint density at radius 1 is 1.37 bits per heavy atom. The number of likely N-dealkylation sites (tertiary alicyclic amines) is 1. The second-order valence-electron chi connectivity index (χ2n) is 5.43. The number of hydrogen-bond acceptors (Lipinski definition) is 2. The fraction of sp³-hybridized carbons (Fsp3) is 0.400. The molecule has 4 heteroatoms. The first kappa shape index (κ1) is 12.4. The Hall–Kier alpha value is -1.68. The first-order valence-electron chi connectivity index (χ1n) is 6.57. The quantitative estimate of drug-likeness (QED) is 0.854. The van der Waals surface area contributed by atoms with Gasteiger partial charge in [-0.25, -0.2) is 4.39 Å². The van der Waals surface area contributed by atoms with Gasteiger partial charge in [-0.2, -0.15) is 0 Å². The summed E-state index contributed by atoms with van der Waals surface area (Å²) < 4.78 is 13.3. The Morgan fingerprint density at radius 2 is 2.16 bits per heavy atom. The molecule has 1 fully saturated rings. The number of pyridine rings is 1. The Balaban J connectivity index is 2.26. The van der Waals surface area contributed by atoms with Crippen molar-refractivity contribution in [1.29, 1.82) is 0 Å². The van der Waals surface area contributed by atoms with Crippen LogP contribution in [0.2, 0.25) is 0 Å². The molecule has 0 aliphatic carbocycles. The molecule has 0 bridgehead atoms. The van der Waals surface area contributed by atoms with Crippen molar-refractivity contribution in [1.82, 2.24) is 9.88 Å². The molecule has 1 aromatic carbocycles. The molecule has 1 unspecified atom stereocenters. The lowest BCUT2D eigenvalue weighted by Gasteiger charge is -2.16. The number of halogens is 1. The number of nitrogens with one attached hydrogen (secondary N) is 1. The van der Waals surface area contributed by atoms with Gasteiger partial charge in [-0.3, -0.25) is 4.79 Å². The van der Waals surface area contributed by atoms with Crippen molar-refractivity contribution in [2.75, 3.05) is 20.1 Å². The van der Waals surface area contributed by atoms with Gasteiger partial charge >= 0.3 is 0 Å². The van der Waals surface area contributed by atoms with Crippen LogP contribution in [0.25, 0.3) is 10.8 Å². The summed E-state index contributed by atoms with van der Waals surface area (Å²) in [5.41, 5.74) is 1.87. The Morgan fingerprint density at radius 3 is 2.84 bits per heavy atom. The summed E-state index contributed by atoms with van der Waals surface area (Å²) in [4.78, 5) is 17.1. The molecule has 1 aliphatic rings. The third-order valence-electron chi connectivity index (χ3n) is 4.02. The van der Waals surface area contributed by atoms with Gasteiger partial charge < -0.3 is 9.88 Å². The predicted octanol–water partition coefficient (Wildman–Crippen LogP) is 2.39. The Bertz CT molecular complexity index is 692. The minimum Gasteiger partial charge on any atom is -0.326 e. The molecule has 1 aliphatic heterocycles. The highest BCUT2D eigenvalue weighted by Crippen LogP contribution is 2.32. The summed E-state index contributed by atoms with van der Waals surface area (Å²) >= 11 is 0. The molecule has 1 aromatic heterocycles. The molecule has 1 saturated heterocycles. The molecule has 3 rings (SSSR count). The van der Waals surface area contributed by atoms with E-state index in [0.717, 1.165) is 30.6 Å². The molecule has 2 heterocycles. The number of aromatic nitrogens is 1. The second-order valence-corrected chi connectivity index (χ2v) is 5.43. The zero-order valence-electron chi connectivity index (χ0n) is 11.2. The molecule has 3 nitrogen and oxygen atoms in total. The van der Waals surface area contributed by atoms with E-state index < -0.39 is 0 Å². The van der Waals surface area contributed by atoms with Gasteiger partial charge in [-0.05, 0) is 50.0 Å². The van der Waals surface area contributed by atoms with Gasteiger partial charge in [0.25, 0.3) is 5.56 Å². The van der Waals surface area contributed by atoms with Crippen LogP contribution in [0.1, 0.15) is 23.6 Å². The van der Waals surface area contributed by atoms with Crippen molar-refractivity contribution in [3.8, 4) is 0 Å². The molecule has 19 heavy (non-hydrogen) atoms. The van der Waals surface area contributed by atoms with Crippen molar-refractivity contribution in [3.63, 3.8) is 0 Å². The van der Waals surface area contributed by atoms with Crippen molar-refractivity contribution >= 4 is 10.8 Å². The maximum absolute atomic E-state index is 13.3. The van der Waals surface area contributed by atoms with E-state index >= 15 is 0 Å².